The van der Waals surface area contributed by atoms with Gasteiger partial charge in [-0.25, -0.2) is 0 Å². The topological polar surface area (TPSA) is 78.9 Å². The largest absolute Gasteiger partial charge is 0.462 e. The number of unbranched alkanes of at least 4 members (excludes halogenated alkanes) is 18. The van der Waals surface area contributed by atoms with Crippen molar-refractivity contribution >= 4 is 17.9 Å². The molecular formula is C39H72O6. The molecule has 6 heteroatoms. The Balaban J connectivity index is 0.000000338. The summed E-state index contributed by atoms with van der Waals surface area (Å²) >= 11 is 0. The molecule has 3 aliphatic heterocycles. The van der Waals surface area contributed by atoms with Crippen LogP contribution in [0, 0.1) is 0 Å². The molecule has 0 bridgehead atoms. The molecule has 0 amide bonds. The highest BCUT2D eigenvalue weighted by atomic mass is 16.6. The van der Waals surface area contributed by atoms with Gasteiger partial charge in [0, 0.05) is 19.3 Å². The van der Waals surface area contributed by atoms with Crippen LogP contribution in [0.1, 0.15) is 213 Å². The van der Waals surface area contributed by atoms with Crippen LogP contribution in [-0.4, -0.2) is 36.2 Å². The van der Waals surface area contributed by atoms with Crippen LogP contribution in [0.2, 0.25) is 0 Å². The van der Waals surface area contributed by atoms with Gasteiger partial charge in [0.05, 0.1) is 0 Å². The van der Waals surface area contributed by atoms with Crippen molar-refractivity contribution in [2.24, 2.45) is 0 Å². The number of carbonyl (C=O) groups is 3. The summed E-state index contributed by atoms with van der Waals surface area (Å²) < 4.78 is 15.5. The van der Waals surface area contributed by atoms with Crippen LogP contribution in [0.4, 0.5) is 0 Å². The minimum atomic E-state index is 0.000910. The summed E-state index contributed by atoms with van der Waals surface area (Å²) in [4.78, 5) is 32.5. The SMILES string of the molecule is CCCCCCCCC1CCC(=O)O1.CCCCCCCCCC1CCC(=O)O1.CCCCCCCCCCC1CCC(=O)O1. The van der Waals surface area contributed by atoms with Crippen molar-refractivity contribution in [3.8, 4) is 0 Å². The average molecular weight is 637 g/mol. The summed E-state index contributed by atoms with van der Waals surface area (Å²) in [5, 5.41) is 0. The van der Waals surface area contributed by atoms with E-state index in [2.05, 4.69) is 20.8 Å². The summed E-state index contributed by atoms with van der Waals surface area (Å²) in [5.41, 5.74) is 0. The molecule has 3 aliphatic rings. The first-order chi connectivity index (χ1) is 22.0. The number of hydrogen-bond donors (Lipinski definition) is 0. The molecule has 0 N–H and O–H groups in total. The molecule has 0 aromatic carbocycles. The van der Waals surface area contributed by atoms with Gasteiger partial charge in [0.25, 0.3) is 0 Å². The molecule has 3 saturated heterocycles. The van der Waals surface area contributed by atoms with Crippen LogP contribution >= 0.6 is 0 Å². The predicted molar refractivity (Wildman–Crippen MR) is 185 cm³/mol. The van der Waals surface area contributed by atoms with Crippen molar-refractivity contribution in [2.75, 3.05) is 0 Å². The molecule has 0 aromatic rings. The molecule has 3 fully saturated rings. The second-order valence-electron chi connectivity index (χ2n) is 13.7. The lowest BCUT2D eigenvalue weighted by atomic mass is 10.0. The van der Waals surface area contributed by atoms with E-state index >= 15 is 0 Å². The Morgan fingerprint density at radius 1 is 0.378 bits per heavy atom. The minimum Gasteiger partial charge on any atom is -0.462 e. The maximum absolute atomic E-state index is 10.9. The summed E-state index contributed by atoms with van der Waals surface area (Å²) in [5.74, 6) is 0.00787. The molecule has 3 unspecified atom stereocenters. The van der Waals surface area contributed by atoms with Gasteiger partial charge >= 0.3 is 17.9 Å². The molecule has 0 aromatic heterocycles. The van der Waals surface area contributed by atoms with Gasteiger partial charge < -0.3 is 14.2 Å². The van der Waals surface area contributed by atoms with Crippen molar-refractivity contribution in [1.82, 2.24) is 0 Å². The Bertz CT molecular complexity index is 722. The number of cyclic esters (lactones) is 3. The fraction of sp³-hybridized carbons (Fsp3) is 0.923. The molecule has 264 valence electrons. The van der Waals surface area contributed by atoms with Crippen molar-refractivity contribution in [1.29, 1.82) is 0 Å². The van der Waals surface area contributed by atoms with Gasteiger partial charge in [-0.3, -0.25) is 14.4 Å². The molecule has 0 aliphatic carbocycles. The average Bonchev–Trinajstić information content (AvgIpc) is 3.77. The monoisotopic (exact) mass is 637 g/mol. The Morgan fingerprint density at radius 2 is 0.600 bits per heavy atom. The van der Waals surface area contributed by atoms with Crippen molar-refractivity contribution in [3.63, 3.8) is 0 Å². The quantitative estimate of drug-likeness (QED) is 0.0596. The van der Waals surface area contributed by atoms with Crippen LogP contribution in [0.25, 0.3) is 0 Å². The molecular weight excluding hydrogens is 564 g/mol. The van der Waals surface area contributed by atoms with E-state index in [9.17, 15) is 14.4 Å². The predicted octanol–water partition coefficient (Wildman–Crippen LogP) is 11.5. The molecule has 3 rings (SSSR count). The fourth-order valence-electron chi connectivity index (χ4n) is 6.34. The highest BCUT2D eigenvalue weighted by Gasteiger charge is 2.23. The highest BCUT2D eigenvalue weighted by Crippen LogP contribution is 2.22. The lowest BCUT2D eigenvalue weighted by molar-refractivity contribution is -0.142. The fourth-order valence-corrected chi connectivity index (χ4v) is 6.34. The minimum absolute atomic E-state index is 0.000910. The van der Waals surface area contributed by atoms with Crippen LogP contribution in [0.3, 0.4) is 0 Å². The van der Waals surface area contributed by atoms with Crippen LogP contribution < -0.4 is 0 Å². The van der Waals surface area contributed by atoms with Gasteiger partial charge in [-0.1, -0.05) is 136 Å². The van der Waals surface area contributed by atoms with Crippen LogP contribution in [-0.2, 0) is 28.6 Å². The molecule has 0 spiro atoms. The smallest absolute Gasteiger partial charge is 0.306 e. The van der Waals surface area contributed by atoms with E-state index < -0.39 is 0 Å². The lowest BCUT2D eigenvalue weighted by Gasteiger charge is -2.08. The highest BCUT2D eigenvalue weighted by molar-refractivity contribution is 5.72. The number of rotatable bonds is 24. The first-order valence-electron chi connectivity index (χ1n) is 19.6. The van der Waals surface area contributed by atoms with E-state index in [1.807, 2.05) is 0 Å². The van der Waals surface area contributed by atoms with Gasteiger partial charge in [-0.05, 0) is 57.8 Å². The van der Waals surface area contributed by atoms with Gasteiger partial charge in [-0.15, -0.1) is 0 Å². The van der Waals surface area contributed by atoms with E-state index in [1.165, 1.54) is 135 Å². The molecule has 6 nitrogen and oxygen atoms in total. The first-order valence-corrected chi connectivity index (χ1v) is 19.6. The zero-order valence-corrected chi connectivity index (χ0v) is 29.9. The van der Waals surface area contributed by atoms with E-state index in [1.54, 1.807) is 0 Å². The maximum atomic E-state index is 10.9. The summed E-state index contributed by atoms with van der Waals surface area (Å²) in [6.45, 7) is 6.73. The summed E-state index contributed by atoms with van der Waals surface area (Å²) in [7, 11) is 0. The standard InChI is InChI=1S/C14H26O2.C13H24O2.C12H22O2/c1-2-3-4-5-6-7-8-9-10-13-11-12-14(15)16-13;1-2-3-4-5-6-7-8-9-12-10-11-13(14)15-12;1-2-3-4-5-6-7-8-11-9-10-12(13)14-11/h13H,2-12H2,1H3;12H,2-11H2,1H3;11H,2-10H2,1H3. The van der Waals surface area contributed by atoms with Crippen LogP contribution in [0.5, 0.6) is 0 Å². The number of esters is 3. The third-order valence-electron chi connectivity index (χ3n) is 9.29. The van der Waals surface area contributed by atoms with Gasteiger partial charge in [-0.2, -0.15) is 0 Å². The molecule has 3 heterocycles. The Hall–Kier alpha value is -1.59. The third-order valence-corrected chi connectivity index (χ3v) is 9.29. The van der Waals surface area contributed by atoms with E-state index in [4.69, 9.17) is 14.2 Å². The van der Waals surface area contributed by atoms with Gasteiger partial charge in [0.15, 0.2) is 0 Å². The molecule has 45 heavy (non-hydrogen) atoms. The van der Waals surface area contributed by atoms with E-state index in [-0.39, 0.29) is 36.2 Å². The van der Waals surface area contributed by atoms with E-state index in [0.29, 0.717) is 19.3 Å². The Kier molecular flexibility index (Phi) is 27.4. The van der Waals surface area contributed by atoms with Crippen LogP contribution in [0.15, 0.2) is 0 Å². The zero-order valence-electron chi connectivity index (χ0n) is 29.9. The van der Waals surface area contributed by atoms with Crippen molar-refractivity contribution in [2.45, 2.75) is 232 Å². The van der Waals surface area contributed by atoms with Gasteiger partial charge in [0.2, 0.25) is 0 Å². The molecule has 0 radical (unpaired) electrons. The van der Waals surface area contributed by atoms with E-state index in [0.717, 1.165) is 38.5 Å². The number of ether oxygens (including phenoxy) is 3. The Morgan fingerprint density at radius 3 is 0.800 bits per heavy atom. The second kappa shape index (κ2) is 29.8. The lowest BCUT2D eigenvalue weighted by Crippen LogP contribution is -2.06. The first kappa shape index (κ1) is 41.4. The number of carbonyl (C=O) groups excluding carboxylic acids is 3. The summed E-state index contributed by atoms with van der Waals surface area (Å²) in [6, 6.07) is 0. The molecule has 0 saturated carbocycles. The molecule has 3 atom stereocenters. The third kappa shape index (κ3) is 25.2. The number of hydrogen-bond acceptors (Lipinski definition) is 6. The van der Waals surface area contributed by atoms with Gasteiger partial charge in [0.1, 0.15) is 18.3 Å². The van der Waals surface area contributed by atoms with Crippen molar-refractivity contribution in [3.05, 3.63) is 0 Å². The Labute approximate surface area is 277 Å². The van der Waals surface area contributed by atoms with Crippen molar-refractivity contribution < 1.29 is 28.6 Å². The maximum Gasteiger partial charge on any atom is 0.306 e. The normalized spacial score (nSPS) is 20.6. The summed E-state index contributed by atoms with van der Waals surface area (Å²) in [6.07, 6.45) is 36.8. The zero-order chi connectivity index (χ0) is 32.8. The second-order valence-corrected chi connectivity index (χ2v) is 13.7.